The summed E-state index contributed by atoms with van der Waals surface area (Å²) >= 11 is 0. The highest BCUT2D eigenvalue weighted by Gasteiger charge is 2.16. The first-order chi connectivity index (χ1) is 10.0. The molecule has 0 unspecified atom stereocenters. The zero-order valence-corrected chi connectivity index (χ0v) is 12.8. The van der Waals surface area contributed by atoms with Crippen molar-refractivity contribution >= 4 is 17.4 Å². The molecule has 0 saturated carbocycles. The molecule has 0 fully saturated rings. The van der Waals surface area contributed by atoms with Gasteiger partial charge >= 0.3 is 0 Å². The van der Waals surface area contributed by atoms with Crippen molar-refractivity contribution in [1.82, 2.24) is 4.98 Å². The van der Waals surface area contributed by atoms with E-state index in [9.17, 15) is 4.79 Å². The van der Waals surface area contributed by atoms with Gasteiger partial charge in [0.15, 0.2) is 0 Å². The molecular formula is C17H21N3O. The van der Waals surface area contributed by atoms with Crippen LogP contribution < -0.4 is 10.6 Å². The van der Waals surface area contributed by atoms with E-state index in [1.807, 2.05) is 37.3 Å². The number of pyridine rings is 1. The smallest absolute Gasteiger partial charge is 0.258 e. The number of nitrogens with two attached hydrogens (primary N) is 1. The highest BCUT2D eigenvalue weighted by Crippen LogP contribution is 2.21. The Labute approximate surface area is 125 Å². The normalized spacial score (nSPS) is 10.4. The third-order valence-electron chi connectivity index (χ3n) is 3.43. The maximum absolute atomic E-state index is 12.6. The second kappa shape index (κ2) is 6.39. The second-order valence-electron chi connectivity index (χ2n) is 5.17. The van der Waals surface area contributed by atoms with Gasteiger partial charge in [0, 0.05) is 24.0 Å². The number of para-hydroxylation sites is 1. The van der Waals surface area contributed by atoms with Crippen LogP contribution in [0.15, 0.2) is 36.4 Å². The molecule has 0 bridgehead atoms. The summed E-state index contributed by atoms with van der Waals surface area (Å²) in [5, 5.41) is 0. The Morgan fingerprint density at radius 1 is 1.29 bits per heavy atom. The van der Waals surface area contributed by atoms with Crippen LogP contribution >= 0.6 is 0 Å². The lowest BCUT2D eigenvalue weighted by Crippen LogP contribution is -2.27. The summed E-state index contributed by atoms with van der Waals surface area (Å²) < 4.78 is 0. The number of rotatable bonds is 4. The van der Waals surface area contributed by atoms with Crippen LogP contribution in [0.3, 0.4) is 0 Å². The average Bonchev–Trinajstić information content (AvgIpc) is 2.46. The van der Waals surface area contributed by atoms with Crippen molar-refractivity contribution in [1.29, 1.82) is 0 Å². The summed E-state index contributed by atoms with van der Waals surface area (Å²) in [6, 6.07) is 11.3. The number of benzene rings is 1. The molecule has 1 amide bonds. The Morgan fingerprint density at radius 2 is 2.00 bits per heavy atom. The predicted molar refractivity (Wildman–Crippen MR) is 86.6 cm³/mol. The molecule has 0 radical (unpaired) electrons. The van der Waals surface area contributed by atoms with Gasteiger partial charge in [-0.1, -0.05) is 31.5 Å². The lowest BCUT2D eigenvalue weighted by Gasteiger charge is -2.20. The lowest BCUT2D eigenvalue weighted by atomic mass is 10.1. The molecular weight excluding hydrogens is 262 g/mol. The van der Waals surface area contributed by atoms with E-state index in [0.717, 1.165) is 29.8 Å². The maximum atomic E-state index is 12.6. The standard InChI is InChI=1S/C17H21N3O/c1-4-7-14-10-13(11-16(18)19-14)17(21)20(3)15-9-6-5-8-12(15)2/h5-6,8-11H,4,7H2,1-3H3,(H2,18,19). The number of hydrogen-bond donors (Lipinski definition) is 1. The Morgan fingerprint density at radius 3 is 2.67 bits per heavy atom. The predicted octanol–water partition coefficient (Wildman–Crippen LogP) is 3.20. The van der Waals surface area contributed by atoms with Gasteiger partial charge in [-0.2, -0.15) is 0 Å². The molecule has 0 aliphatic rings. The van der Waals surface area contributed by atoms with Crippen LogP contribution in [-0.2, 0) is 6.42 Å². The topological polar surface area (TPSA) is 59.2 Å². The number of nitrogens with zero attached hydrogens (tertiary/aromatic N) is 2. The van der Waals surface area contributed by atoms with Gasteiger partial charge < -0.3 is 10.6 Å². The highest BCUT2D eigenvalue weighted by molar-refractivity contribution is 6.06. The van der Waals surface area contributed by atoms with Gasteiger partial charge in [-0.15, -0.1) is 0 Å². The molecule has 2 N–H and O–H groups in total. The minimum Gasteiger partial charge on any atom is -0.384 e. The van der Waals surface area contributed by atoms with E-state index in [0.29, 0.717) is 11.4 Å². The average molecular weight is 283 g/mol. The first-order valence-corrected chi connectivity index (χ1v) is 7.13. The molecule has 2 aromatic rings. The van der Waals surface area contributed by atoms with E-state index >= 15 is 0 Å². The number of hydrogen-bond acceptors (Lipinski definition) is 3. The van der Waals surface area contributed by atoms with Crippen LogP contribution in [0.5, 0.6) is 0 Å². The number of amides is 1. The lowest BCUT2D eigenvalue weighted by molar-refractivity contribution is 0.0992. The zero-order valence-electron chi connectivity index (χ0n) is 12.8. The van der Waals surface area contributed by atoms with Crippen LogP contribution in [0.1, 0.15) is 35.0 Å². The van der Waals surface area contributed by atoms with E-state index in [-0.39, 0.29) is 5.91 Å². The first-order valence-electron chi connectivity index (χ1n) is 7.13. The summed E-state index contributed by atoms with van der Waals surface area (Å²) in [7, 11) is 1.78. The molecule has 0 atom stereocenters. The molecule has 4 heteroatoms. The van der Waals surface area contributed by atoms with Gasteiger partial charge in [0.1, 0.15) is 5.82 Å². The summed E-state index contributed by atoms with van der Waals surface area (Å²) in [5.74, 6) is 0.318. The van der Waals surface area contributed by atoms with Crippen LogP contribution in [0.4, 0.5) is 11.5 Å². The number of aryl methyl sites for hydroxylation is 2. The van der Waals surface area contributed by atoms with E-state index in [2.05, 4.69) is 11.9 Å². The van der Waals surface area contributed by atoms with Crippen molar-refractivity contribution in [3.05, 3.63) is 53.2 Å². The minimum absolute atomic E-state index is 0.0734. The van der Waals surface area contributed by atoms with E-state index in [1.165, 1.54) is 0 Å². The van der Waals surface area contributed by atoms with Crippen LogP contribution in [0.2, 0.25) is 0 Å². The maximum Gasteiger partial charge on any atom is 0.258 e. The molecule has 1 aromatic heterocycles. The molecule has 0 saturated heterocycles. The highest BCUT2D eigenvalue weighted by atomic mass is 16.2. The van der Waals surface area contributed by atoms with Crippen molar-refractivity contribution < 1.29 is 4.79 Å². The fourth-order valence-corrected chi connectivity index (χ4v) is 2.36. The van der Waals surface area contributed by atoms with Gasteiger partial charge in [-0.25, -0.2) is 4.98 Å². The van der Waals surface area contributed by atoms with Crippen LogP contribution in [0.25, 0.3) is 0 Å². The molecule has 0 spiro atoms. The quantitative estimate of drug-likeness (QED) is 0.937. The van der Waals surface area contributed by atoms with E-state index in [4.69, 9.17) is 5.73 Å². The second-order valence-corrected chi connectivity index (χ2v) is 5.17. The molecule has 0 aliphatic carbocycles. The Kier molecular flexibility index (Phi) is 4.58. The number of carbonyl (C=O) groups is 1. The molecule has 110 valence electrons. The minimum atomic E-state index is -0.0734. The molecule has 1 aromatic carbocycles. The molecule has 21 heavy (non-hydrogen) atoms. The van der Waals surface area contributed by atoms with Crippen molar-refractivity contribution in [2.24, 2.45) is 0 Å². The fourth-order valence-electron chi connectivity index (χ4n) is 2.36. The van der Waals surface area contributed by atoms with Gasteiger partial charge in [-0.05, 0) is 37.1 Å². The van der Waals surface area contributed by atoms with Gasteiger partial charge in [-0.3, -0.25) is 4.79 Å². The van der Waals surface area contributed by atoms with Gasteiger partial charge in [0.05, 0.1) is 0 Å². The van der Waals surface area contributed by atoms with Crippen molar-refractivity contribution in [3.8, 4) is 0 Å². The third-order valence-corrected chi connectivity index (χ3v) is 3.43. The van der Waals surface area contributed by atoms with Crippen LogP contribution in [-0.4, -0.2) is 17.9 Å². The largest absolute Gasteiger partial charge is 0.384 e. The zero-order chi connectivity index (χ0) is 15.4. The van der Waals surface area contributed by atoms with Crippen molar-refractivity contribution in [3.63, 3.8) is 0 Å². The van der Waals surface area contributed by atoms with Crippen LogP contribution in [0, 0.1) is 6.92 Å². The van der Waals surface area contributed by atoms with E-state index < -0.39 is 0 Å². The number of nitrogen functional groups attached to an aromatic ring is 1. The summed E-state index contributed by atoms with van der Waals surface area (Å²) in [6.07, 6.45) is 1.79. The van der Waals surface area contributed by atoms with Gasteiger partial charge in [0.2, 0.25) is 0 Å². The number of carbonyl (C=O) groups excluding carboxylic acids is 1. The molecule has 4 nitrogen and oxygen atoms in total. The first kappa shape index (κ1) is 15.0. The molecule has 2 rings (SSSR count). The Hall–Kier alpha value is -2.36. The van der Waals surface area contributed by atoms with E-state index in [1.54, 1.807) is 18.0 Å². The number of anilines is 2. The summed E-state index contributed by atoms with van der Waals surface area (Å²) in [6.45, 7) is 4.06. The fraction of sp³-hybridized carbons (Fsp3) is 0.294. The van der Waals surface area contributed by atoms with Gasteiger partial charge in [0.25, 0.3) is 5.91 Å². The third kappa shape index (κ3) is 3.40. The SMILES string of the molecule is CCCc1cc(C(=O)N(C)c2ccccc2C)cc(N)n1. The monoisotopic (exact) mass is 283 g/mol. The van der Waals surface area contributed by atoms with Crippen molar-refractivity contribution in [2.45, 2.75) is 26.7 Å². The number of aromatic nitrogens is 1. The van der Waals surface area contributed by atoms with Crippen molar-refractivity contribution in [2.75, 3.05) is 17.7 Å². The molecule has 1 heterocycles. The molecule has 0 aliphatic heterocycles. The summed E-state index contributed by atoms with van der Waals surface area (Å²) in [4.78, 5) is 18.6. The Balaban J connectivity index is 2.33. The summed E-state index contributed by atoms with van der Waals surface area (Å²) in [5.41, 5.74) is 9.21. The Bertz CT molecular complexity index is 652.